The zero-order valence-corrected chi connectivity index (χ0v) is 11.1. The van der Waals surface area contributed by atoms with Crippen molar-refractivity contribution in [2.24, 2.45) is 0 Å². The number of halogens is 1. The topological polar surface area (TPSA) is 62.2 Å². The Labute approximate surface area is 116 Å². The van der Waals surface area contributed by atoms with Gasteiger partial charge in [-0.3, -0.25) is 9.78 Å². The van der Waals surface area contributed by atoms with Crippen LogP contribution in [0.1, 0.15) is 21.6 Å². The predicted molar refractivity (Wildman–Crippen MR) is 74.3 cm³/mol. The van der Waals surface area contributed by atoms with Crippen LogP contribution in [-0.2, 0) is 6.61 Å². The summed E-state index contributed by atoms with van der Waals surface area (Å²) in [6.07, 6.45) is 1.45. The lowest BCUT2D eigenvalue weighted by Gasteiger charge is -2.07. The van der Waals surface area contributed by atoms with E-state index in [-0.39, 0.29) is 12.5 Å². The summed E-state index contributed by atoms with van der Waals surface area (Å²) in [5.41, 5.74) is 2.51. The van der Waals surface area contributed by atoms with E-state index in [2.05, 4.69) is 10.3 Å². The van der Waals surface area contributed by atoms with Crippen LogP contribution in [0.5, 0.6) is 0 Å². The van der Waals surface area contributed by atoms with Gasteiger partial charge in [0.1, 0.15) is 0 Å². The van der Waals surface area contributed by atoms with Gasteiger partial charge >= 0.3 is 0 Å². The Morgan fingerprint density at radius 3 is 2.63 bits per heavy atom. The molecule has 1 aromatic carbocycles. The number of benzene rings is 1. The first-order valence-electron chi connectivity index (χ1n) is 5.73. The molecule has 98 valence electrons. The lowest BCUT2D eigenvalue weighted by Crippen LogP contribution is -2.13. The van der Waals surface area contributed by atoms with E-state index in [4.69, 9.17) is 16.7 Å². The number of hydrogen-bond donors (Lipinski definition) is 2. The Kier molecular flexibility index (Phi) is 4.14. The van der Waals surface area contributed by atoms with Gasteiger partial charge in [0.05, 0.1) is 17.2 Å². The van der Waals surface area contributed by atoms with E-state index in [0.29, 0.717) is 16.3 Å². The second-order valence-corrected chi connectivity index (χ2v) is 4.52. The van der Waals surface area contributed by atoms with Gasteiger partial charge in [-0.05, 0) is 30.7 Å². The smallest absolute Gasteiger partial charge is 0.258 e. The highest BCUT2D eigenvalue weighted by Crippen LogP contribution is 2.18. The highest BCUT2D eigenvalue weighted by Gasteiger charge is 2.11. The fraction of sp³-hybridized carbons (Fsp3) is 0.143. The average molecular weight is 277 g/mol. The fourth-order valence-electron chi connectivity index (χ4n) is 1.59. The van der Waals surface area contributed by atoms with Crippen LogP contribution in [-0.4, -0.2) is 16.0 Å². The minimum Gasteiger partial charge on any atom is -0.392 e. The number of aliphatic hydroxyl groups excluding tert-OH is 1. The van der Waals surface area contributed by atoms with Crippen molar-refractivity contribution in [3.63, 3.8) is 0 Å². The van der Waals surface area contributed by atoms with Crippen molar-refractivity contribution in [1.82, 2.24) is 4.98 Å². The molecule has 1 heterocycles. The highest BCUT2D eigenvalue weighted by atomic mass is 35.5. The van der Waals surface area contributed by atoms with Gasteiger partial charge in [0.15, 0.2) is 0 Å². The molecule has 4 nitrogen and oxygen atoms in total. The number of hydrogen-bond acceptors (Lipinski definition) is 3. The minimum absolute atomic E-state index is 0.0259. The molecule has 0 fully saturated rings. The molecule has 5 heteroatoms. The van der Waals surface area contributed by atoms with E-state index in [1.165, 1.54) is 6.20 Å². The molecule has 0 saturated carbocycles. The van der Waals surface area contributed by atoms with Crippen LogP contribution in [0.15, 0.2) is 36.5 Å². The van der Waals surface area contributed by atoms with E-state index in [9.17, 15) is 4.79 Å². The van der Waals surface area contributed by atoms with Crippen molar-refractivity contribution in [3.05, 3.63) is 58.4 Å². The molecule has 0 aliphatic carbocycles. The SMILES string of the molecule is Cc1cc(Cl)c(C(=O)Nc2ccc(CO)cc2)cn1. The molecule has 0 unspecified atom stereocenters. The van der Waals surface area contributed by atoms with Crippen molar-refractivity contribution in [3.8, 4) is 0 Å². The van der Waals surface area contributed by atoms with E-state index in [0.717, 1.165) is 11.3 Å². The van der Waals surface area contributed by atoms with Crippen molar-refractivity contribution < 1.29 is 9.90 Å². The lowest BCUT2D eigenvalue weighted by molar-refractivity contribution is 0.102. The molecule has 0 spiro atoms. The van der Waals surface area contributed by atoms with Crippen LogP contribution in [0.2, 0.25) is 5.02 Å². The molecule has 0 saturated heterocycles. The third-order valence-electron chi connectivity index (χ3n) is 2.63. The van der Waals surface area contributed by atoms with Gasteiger partial charge in [-0.15, -0.1) is 0 Å². The largest absolute Gasteiger partial charge is 0.392 e. The average Bonchev–Trinajstić information content (AvgIpc) is 2.39. The number of carbonyl (C=O) groups excluding carboxylic acids is 1. The standard InChI is InChI=1S/C14H13ClN2O2/c1-9-6-13(15)12(7-16-9)14(19)17-11-4-2-10(8-18)3-5-11/h2-7,18H,8H2,1H3,(H,17,19). The van der Waals surface area contributed by atoms with Gasteiger partial charge in [0.2, 0.25) is 0 Å². The summed E-state index contributed by atoms with van der Waals surface area (Å²) in [7, 11) is 0. The molecule has 1 aromatic heterocycles. The lowest BCUT2D eigenvalue weighted by atomic mass is 10.2. The number of amides is 1. The molecule has 2 N–H and O–H groups in total. The highest BCUT2D eigenvalue weighted by molar-refractivity contribution is 6.34. The van der Waals surface area contributed by atoms with Gasteiger partial charge in [-0.2, -0.15) is 0 Å². The van der Waals surface area contributed by atoms with Crippen molar-refractivity contribution in [2.45, 2.75) is 13.5 Å². The number of aryl methyl sites for hydroxylation is 1. The summed E-state index contributed by atoms with van der Waals surface area (Å²) in [6.45, 7) is 1.78. The van der Waals surface area contributed by atoms with E-state index in [1.807, 2.05) is 0 Å². The quantitative estimate of drug-likeness (QED) is 0.906. The summed E-state index contributed by atoms with van der Waals surface area (Å²) in [5.74, 6) is -0.311. The van der Waals surface area contributed by atoms with Gasteiger partial charge < -0.3 is 10.4 Å². The third kappa shape index (κ3) is 3.30. The number of pyridine rings is 1. The number of aliphatic hydroxyl groups is 1. The number of nitrogens with one attached hydrogen (secondary N) is 1. The van der Waals surface area contributed by atoms with Gasteiger partial charge in [0, 0.05) is 17.6 Å². The molecule has 0 radical (unpaired) electrons. The summed E-state index contributed by atoms with van der Waals surface area (Å²) in [4.78, 5) is 16.1. The second-order valence-electron chi connectivity index (χ2n) is 4.11. The number of aromatic nitrogens is 1. The zero-order chi connectivity index (χ0) is 13.8. The summed E-state index contributed by atoms with van der Waals surface area (Å²) in [6, 6.07) is 8.57. The van der Waals surface area contributed by atoms with Crippen molar-refractivity contribution >= 4 is 23.2 Å². The number of anilines is 1. The molecule has 19 heavy (non-hydrogen) atoms. The molecule has 1 amide bonds. The summed E-state index contributed by atoms with van der Waals surface area (Å²) >= 11 is 6.00. The van der Waals surface area contributed by atoms with Crippen LogP contribution in [0, 0.1) is 6.92 Å². The van der Waals surface area contributed by atoms with Gasteiger partial charge in [-0.1, -0.05) is 23.7 Å². The molecule has 0 atom stereocenters. The number of carbonyl (C=O) groups is 1. The Morgan fingerprint density at radius 1 is 1.37 bits per heavy atom. The maximum absolute atomic E-state index is 12.0. The second kappa shape index (κ2) is 5.82. The molecule has 0 aliphatic rings. The Balaban J connectivity index is 2.15. The third-order valence-corrected chi connectivity index (χ3v) is 2.94. The zero-order valence-electron chi connectivity index (χ0n) is 10.4. The Hall–Kier alpha value is -1.91. The normalized spacial score (nSPS) is 10.3. The van der Waals surface area contributed by atoms with Gasteiger partial charge in [-0.25, -0.2) is 0 Å². The van der Waals surface area contributed by atoms with Crippen LogP contribution in [0.25, 0.3) is 0 Å². The molecule has 2 rings (SSSR count). The van der Waals surface area contributed by atoms with Crippen LogP contribution in [0.3, 0.4) is 0 Å². The first-order chi connectivity index (χ1) is 9.10. The first kappa shape index (κ1) is 13.5. The fourth-order valence-corrected chi connectivity index (χ4v) is 1.88. The molecular formula is C14H13ClN2O2. The predicted octanol–water partition coefficient (Wildman–Crippen LogP) is 2.79. The van der Waals surface area contributed by atoms with Crippen LogP contribution in [0.4, 0.5) is 5.69 Å². The molecule has 0 aliphatic heterocycles. The summed E-state index contributed by atoms with van der Waals surface area (Å²) in [5, 5.41) is 12.0. The molecule has 2 aromatic rings. The number of rotatable bonds is 3. The molecular weight excluding hydrogens is 264 g/mol. The number of nitrogens with zero attached hydrogens (tertiary/aromatic N) is 1. The van der Waals surface area contributed by atoms with Crippen LogP contribution < -0.4 is 5.32 Å². The Morgan fingerprint density at radius 2 is 2.05 bits per heavy atom. The van der Waals surface area contributed by atoms with Crippen LogP contribution >= 0.6 is 11.6 Å². The minimum atomic E-state index is -0.311. The van der Waals surface area contributed by atoms with Crippen molar-refractivity contribution in [1.29, 1.82) is 0 Å². The van der Waals surface area contributed by atoms with E-state index in [1.54, 1.807) is 37.3 Å². The first-order valence-corrected chi connectivity index (χ1v) is 6.11. The maximum Gasteiger partial charge on any atom is 0.258 e. The monoisotopic (exact) mass is 276 g/mol. The van der Waals surface area contributed by atoms with E-state index >= 15 is 0 Å². The molecule has 0 bridgehead atoms. The Bertz CT molecular complexity index is 597. The van der Waals surface area contributed by atoms with E-state index < -0.39 is 0 Å². The summed E-state index contributed by atoms with van der Waals surface area (Å²) < 4.78 is 0. The maximum atomic E-state index is 12.0. The van der Waals surface area contributed by atoms with Crippen molar-refractivity contribution in [2.75, 3.05) is 5.32 Å². The van der Waals surface area contributed by atoms with Gasteiger partial charge in [0.25, 0.3) is 5.91 Å².